The molecule has 0 heterocycles. The van der Waals surface area contributed by atoms with Crippen LogP contribution in [0.3, 0.4) is 0 Å². The third-order valence-electron chi connectivity index (χ3n) is 2.82. The van der Waals surface area contributed by atoms with E-state index < -0.39 is 22.3 Å². The number of carboxylic acid groups (broad SMARTS) is 1. The number of benzene rings is 1. The van der Waals surface area contributed by atoms with Crippen molar-refractivity contribution in [2.45, 2.75) is 32.2 Å². The van der Waals surface area contributed by atoms with E-state index in [0.29, 0.717) is 4.47 Å². The number of nitro benzene ring substituents is 1. The zero-order chi connectivity index (χ0) is 16.2. The van der Waals surface area contributed by atoms with E-state index in [-0.39, 0.29) is 24.1 Å². The Morgan fingerprint density at radius 2 is 2.05 bits per heavy atom. The van der Waals surface area contributed by atoms with Crippen LogP contribution in [-0.2, 0) is 4.79 Å². The van der Waals surface area contributed by atoms with Gasteiger partial charge in [0, 0.05) is 28.6 Å². The standard InChI is InChI=1S/C13H15BrN2O5/c1-13(2,6-5-11(17)18)15-12(19)9-7-8(16(20)21)3-4-10(9)14/h3-4,7H,5-6H2,1-2H3,(H,15,19)(H,17,18). The molecule has 1 aromatic carbocycles. The average molecular weight is 359 g/mol. The maximum Gasteiger partial charge on any atom is 0.303 e. The van der Waals surface area contributed by atoms with E-state index in [0.717, 1.165) is 0 Å². The monoisotopic (exact) mass is 358 g/mol. The molecule has 0 fully saturated rings. The maximum absolute atomic E-state index is 12.2. The number of halogens is 1. The first-order valence-corrected chi connectivity index (χ1v) is 6.90. The highest BCUT2D eigenvalue weighted by Gasteiger charge is 2.24. The van der Waals surface area contributed by atoms with E-state index in [2.05, 4.69) is 21.2 Å². The minimum Gasteiger partial charge on any atom is -0.481 e. The summed E-state index contributed by atoms with van der Waals surface area (Å²) in [5.74, 6) is -1.45. The summed E-state index contributed by atoms with van der Waals surface area (Å²) in [5.41, 5.74) is -0.793. The second-order valence-electron chi connectivity index (χ2n) is 5.15. The highest BCUT2D eigenvalue weighted by Crippen LogP contribution is 2.23. The van der Waals surface area contributed by atoms with Crippen LogP contribution >= 0.6 is 15.9 Å². The van der Waals surface area contributed by atoms with Crippen LogP contribution in [0.5, 0.6) is 0 Å². The second-order valence-corrected chi connectivity index (χ2v) is 6.01. The molecule has 1 rings (SSSR count). The summed E-state index contributed by atoms with van der Waals surface area (Å²) in [6, 6.07) is 3.89. The minimum atomic E-state index is -0.950. The lowest BCUT2D eigenvalue weighted by molar-refractivity contribution is -0.384. The molecule has 2 N–H and O–H groups in total. The number of carbonyl (C=O) groups excluding carboxylic acids is 1. The fourth-order valence-corrected chi connectivity index (χ4v) is 2.08. The summed E-state index contributed by atoms with van der Waals surface area (Å²) in [4.78, 5) is 32.9. The Kier molecular flexibility index (Phi) is 5.42. The molecule has 8 heteroatoms. The molecule has 0 saturated heterocycles. The predicted octanol–water partition coefficient (Wildman–Crippen LogP) is 2.73. The van der Waals surface area contributed by atoms with Gasteiger partial charge in [-0.15, -0.1) is 0 Å². The molecule has 0 spiro atoms. The van der Waals surface area contributed by atoms with Crippen molar-refractivity contribution in [3.8, 4) is 0 Å². The second kappa shape index (κ2) is 6.66. The summed E-state index contributed by atoms with van der Waals surface area (Å²) >= 11 is 3.17. The van der Waals surface area contributed by atoms with Crippen molar-refractivity contribution in [3.05, 3.63) is 38.3 Å². The summed E-state index contributed by atoms with van der Waals surface area (Å²) in [6.07, 6.45) is 0.171. The molecule has 0 aliphatic heterocycles. The van der Waals surface area contributed by atoms with Crippen LogP contribution in [0.15, 0.2) is 22.7 Å². The molecule has 0 aliphatic carbocycles. The predicted molar refractivity (Wildman–Crippen MR) is 79.2 cm³/mol. The Morgan fingerprint density at radius 1 is 1.43 bits per heavy atom. The molecule has 0 bridgehead atoms. The van der Waals surface area contributed by atoms with E-state index in [4.69, 9.17) is 5.11 Å². The Bertz CT molecular complexity index is 586. The number of hydrogen-bond donors (Lipinski definition) is 2. The number of hydrogen-bond acceptors (Lipinski definition) is 4. The first-order chi connectivity index (χ1) is 9.62. The van der Waals surface area contributed by atoms with Crippen LogP contribution in [0.4, 0.5) is 5.69 Å². The van der Waals surface area contributed by atoms with Gasteiger partial charge in [0.1, 0.15) is 0 Å². The van der Waals surface area contributed by atoms with Crippen LogP contribution in [0, 0.1) is 10.1 Å². The molecule has 0 unspecified atom stereocenters. The molecule has 114 valence electrons. The van der Waals surface area contributed by atoms with Gasteiger partial charge in [0.25, 0.3) is 11.6 Å². The lowest BCUT2D eigenvalue weighted by Crippen LogP contribution is -2.43. The molecule has 0 atom stereocenters. The summed E-state index contributed by atoms with van der Waals surface area (Å²) in [6.45, 7) is 3.39. The minimum absolute atomic E-state index is 0.0800. The quantitative estimate of drug-likeness (QED) is 0.600. The lowest BCUT2D eigenvalue weighted by Gasteiger charge is -2.25. The van der Waals surface area contributed by atoms with Crippen molar-refractivity contribution in [2.24, 2.45) is 0 Å². The zero-order valence-corrected chi connectivity index (χ0v) is 13.1. The zero-order valence-electron chi connectivity index (χ0n) is 11.6. The Morgan fingerprint density at radius 3 is 2.57 bits per heavy atom. The lowest BCUT2D eigenvalue weighted by atomic mass is 9.97. The van der Waals surface area contributed by atoms with Gasteiger partial charge in [-0.2, -0.15) is 0 Å². The highest BCUT2D eigenvalue weighted by atomic mass is 79.9. The van der Waals surface area contributed by atoms with Crippen LogP contribution in [0.1, 0.15) is 37.0 Å². The smallest absolute Gasteiger partial charge is 0.303 e. The number of amides is 1. The van der Waals surface area contributed by atoms with Crippen molar-refractivity contribution >= 4 is 33.5 Å². The van der Waals surface area contributed by atoms with Gasteiger partial charge >= 0.3 is 5.97 Å². The maximum atomic E-state index is 12.2. The SMILES string of the molecule is CC(C)(CCC(=O)O)NC(=O)c1cc([N+](=O)[O-])ccc1Br. The van der Waals surface area contributed by atoms with Gasteiger partial charge in [0.2, 0.25) is 0 Å². The van der Waals surface area contributed by atoms with Crippen LogP contribution < -0.4 is 5.32 Å². The van der Waals surface area contributed by atoms with Gasteiger partial charge in [-0.05, 0) is 42.3 Å². The number of rotatable bonds is 6. The molecular formula is C13H15BrN2O5. The number of carbonyl (C=O) groups is 2. The van der Waals surface area contributed by atoms with Crippen molar-refractivity contribution < 1.29 is 19.6 Å². The number of aliphatic carboxylic acids is 1. The highest BCUT2D eigenvalue weighted by molar-refractivity contribution is 9.10. The molecular weight excluding hydrogens is 344 g/mol. The first-order valence-electron chi connectivity index (χ1n) is 6.10. The summed E-state index contributed by atoms with van der Waals surface area (Å²) in [7, 11) is 0. The number of nitro groups is 1. The third kappa shape index (κ3) is 5.14. The average Bonchev–Trinajstić information content (AvgIpc) is 2.36. The van der Waals surface area contributed by atoms with Crippen molar-refractivity contribution in [2.75, 3.05) is 0 Å². The third-order valence-corrected chi connectivity index (χ3v) is 3.51. The Hall–Kier alpha value is -1.96. The van der Waals surface area contributed by atoms with Gasteiger partial charge in [0.15, 0.2) is 0 Å². The van der Waals surface area contributed by atoms with Crippen LogP contribution in [-0.4, -0.2) is 27.4 Å². The van der Waals surface area contributed by atoms with Crippen molar-refractivity contribution in [3.63, 3.8) is 0 Å². The first kappa shape index (κ1) is 17.1. The van der Waals surface area contributed by atoms with Crippen LogP contribution in [0.2, 0.25) is 0 Å². The molecule has 0 saturated carbocycles. The van der Waals surface area contributed by atoms with E-state index in [1.807, 2.05) is 0 Å². The van der Waals surface area contributed by atoms with Gasteiger partial charge in [-0.3, -0.25) is 19.7 Å². The van der Waals surface area contributed by atoms with Gasteiger partial charge in [0.05, 0.1) is 10.5 Å². The fourth-order valence-electron chi connectivity index (χ4n) is 1.66. The van der Waals surface area contributed by atoms with Gasteiger partial charge < -0.3 is 10.4 Å². The molecule has 7 nitrogen and oxygen atoms in total. The molecule has 1 aromatic rings. The largest absolute Gasteiger partial charge is 0.481 e. The van der Waals surface area contributed by atoms with E-state index in [1.165, 1.54) is 18.2 Å². The van der Waals surface area contributed by atoms with Crippen LogP contribution in [0.25, 0.3) is 0 Å². The van der Waals surface area contributed by atoms with Crippen molar-refractivity contribution in [1.29, 1.82) is 0 Å². The number of nitrogens with zero attached hydrogens (tertiary/aromatic N) is 1. The number of non-ortho nitro benzene ring substituents is 1. The summed E-state index contributed by atoms with van der Waals surface area (Å²) < 4.78 is 0.430. The molecule has 21 heavy (non-hydrogen) atoms. The fraction of sp³-hybridized carbons (Fsp3) is 0.385. The molecule has 1 amide bonds. The molecule has 0 aliphatic rings. The molecule has 0 aromatic heterocycles. The Labute approximate surface area is 129 Å². The van der Waals surface area contributed by atoms with Gasteiger partial charge in [-0.1, -0.05) is 0 Å². The number of carboxylic acids is 1. The normalized spacial score (nSPS) is 11.0. The van der Waals surface area contributed by atoms with E-state index in [1.54, 1.807) is 13.8 Å². The topological polar surface area (TPSA) is 110 Å². The Balaban J connectivity index is 2.91. The summed E-state index contributed by atoms with van der Waals surface area (Å²) in [5, 5.41) is 22.1. The molecule has 0 radical (unpaired) electrons. The van der Waals surface area contributed by atoms with E-state index >= 15 is 0 Å². The number of nitrogens with one attached hydrogen (secondary N) is 1. The van der Waals surface area contributed by atoms with E-state index in [9.17, 15) is 19.7 Å². The van der Waals surface area contributed by atoms with Crippen molar-refractivity contribution in [1.82, 2.24) is 5.32 Å². The van der Waals surface area contributed by atoms with Gasteiger partial charge in [-0.25, -0.2) is 0 Å².